The summed E-state index contributed by atoms with van der Waals surface area (Å²) in [5.41, 5.74) is 1.49. The van der Waals surface area contributed by atoms with Crippen LogP contribution in [-0.4, -0.2) is 32.3 Å². The summed E-state index contributed by atoms with van der Waals surface area (Å²) in [5.74, 6) is 0.896. The van der Waals surface area contributed by atoms with E-state index in [1.807, 2.05) is 24.3 Å². The number of benzene rings is 2. The summed E-state index contributed by atoms with van der Waals surface area (Å²) >= 11 is 5.98. The minimum atomic E-state index is -0.464. The summed E-state index contributed by atoms with van der Waals surface area (Å²) in [6, 6.07) is 16.1. The third-order valence-corrected chi connectivity index (χ3v) is 7.24. The van der Waals surface area contributed by atoms with E-state index in [4.69, 9.17) is 21.5 Å². The van der Waals surface area contributed by atoms with Crippen LogP contribution in [0, 0.1) is 4.84 Å². The Hall–Kier alpha value is -4.29. The number of carbonyl (C=O) groups excluding carboxylic acids is 1. The second-order valence-electron chi connectivity index (χ2n) is 8.22. The summed E-state index contributed by atoms with van der Waals surface area (Å²) in [6.45, 7) is 0.390. The number of rotatable bonds is 7. The Labute approximate surface area is 218 Å². The molecule has 0 spiro atoms. The van der Waals surface area contributed by atoms with Crippen molar-refractivity contribution in [3.8, 4) is 17.1 Å². The molecule has 188 valence electrons. The van der Waals surface area contributed by atoms with Crippen LogP contribution in [0.5, 0.6) is 5.75 Å². The van der Waals surface area contributed by atoms with Gasteiger partial charge >= 0.3 is 10.5 Å². The monoisotopic (exact) mass is 535 g/mol. The van der Waals surface area contributed by atoms with Crippen LogP contribution in [0.15, 0.2) is 68.7 Å². The molecule has 1 amide bonds. The lowest BCUT2D eigenvalue weighted by atomic mass is 10.1. The summed E-state index contributed by atoms with van der Waals surface area (Å²) in [5, 5.41) is 5.80. The van der Waals surface area contributed by atoms with E-state index in [1.165, 1.54) is 10.6 Å². The maximum absolute atomic E-state index is 13.2. The van der Waals surface area contributed by atoms with E-state index in [0.717, 1.165) is 38.3 Å². The van der Waals surface area contributed by atoms with E-state index in [9.17, 15) is 14.4 Å². The Morgan fingerprint density at radius 3 is 2.49 bits per heavy atom. The number of aryl methyl sites for hydroxylation is 1. The Morgan fingerprint density at radius 1 is 1.14 bits per heavy atom. The number of hydrogen-bond donors (Lipinski definition) is 2. The number of aromatic amines is 1. The second-order valence-corrected chi connectivity index (χ2v) is 9.60. The normalized spacial score (nSPS) is 11.1. The molecule has 2 aromatic carbocycles. The highest BCUT2D eigenvalue weighted by atomic mass is 32.1. The number of H-pyrrole nitrogens is 1. The zero-order valence-electron chi connectivity index (χ0n) is 19.8. The molecule has 3 aromatic heterocycles. The van der Waals surface area contributed by atoms with Gasteiger partial charge in [-0.3, -0.25) is 18.7 Å². The molecule has 0 atom stereocenters. The molecule has 10 nitrogen and oxygen atoms in total. The molecular weight excluding hydrogens is 514 g/mol. The molecule has 0 fully saturated rings. The third kappa shape index (κ3) is 4.88. The van der Waals surface area contributed by atoms with Crippen molar-refractivity contribution in [3.05, 3.63) is 96.3 Å². The second kappa shape index (κ2) is 9.99. The van der Waals surface area contributed by atoms with Crippen molar-refractivity contribution in [1.29, 1.82) is 0 Å². The molecule has 0 aliphatic carbocycles. The minimum absolute atomic E-state index is 0.0748. The van der Waals surface area contributed by atoms with Crippen molar-refractivity contribution in [2.24, 2.45) is 7.05 Å². The van der Waals surface area contributed by atoms with E-state index in [2.05, 4.69) is 15.5 Å². The number of ether oxygens (including phenoxy) is 1. The number of nitrogens with zero attached hydrogens (tertiary/aromatic N) is 3. The van der Waals surface area contributed by atoms with Crippen LogP contribution >= 0.6 is 23.6 Å². The molecule has 0 bridgehead atoms. The first kappa shape index (κ1) is 24.4. The summed E-state index contributed by atoms with van der Waals surface area (Å²) in [7, 11) is 3.18. The van der Waals surface area contributed by atoms with E-state index in [0.29, 0.717) is 27.5 Å². The van der Waals surface area contributed by atoms with Crippen molar-refractivity contribution in [2.45, 2.75) is 13.1 Å². The maximum atomic E-state index is 13.2. The lowest BCUT2D eigenvalue weighted by molar-refractivity contribution is 0.0955. The molecule has 12 heteroatoms. The van der Waals surface area contributed by atoms with Gasteiger partial charge in [-0.15, -0.1) is 11.3 Å². The van der Waals surface area contributed by atoms with Crippen molar-refractivity contribution in [3.63, 3.8) is 0 Å². The zero-order chi connectivity index (χ0) is 26.1. The summed E-state index contributed by atoms with van der Waals surface area (Å²) < 4.78 is 12.7. The van der Waals surface area contributed by atoms with Gasteiger partial charge in [-0.2, -0.15) is 4.98 Å². The average Bonchev–Trinajstić information content (AvgIpc) is 3.56. The van der Waals surface area contributed by atoms with Crippen LogP contribution in [-0.2, 0) is 20.1 Å². The van der Waals surface area contributed by atoms with Gasteiger partial charge in [0.05, 0.1) is 23.9 Å². The van der Waals surface area contributed by atoms with Crippen molar-refractivity contribution >= 4 is 39.7 Å². The molecule has 0 saturated carbocycles. The maximum Gasteiger partial charge on any atom is 0.332 e. The molecule has 5 rings (SSSR count). The summed E-state index contributed by atoms with van der Waals surface area (Å²) in [6.07, 6.45) is 0. The van der Waals surface area contributed by atoms with E-state index in [1.54, 1.807) is 38.4 Å². The predicted molar refractivity (Wildman–Crippen MR) is 142 cm³/mol. The van der Waals surface area contributed by atoms with Gasteiger partial charge in [0.2, 0.25) is 0 Å². The van der Waals surface area contributed by atoms with Gasteiger partial charge in [-0.25, -0.2) is 9.95 Å². The van der Waals surface area contributed by atoms with Crippen LogP contribution in [0.1, 0.15) is 20.8 Å². The van der Waals surface area contributed by atoms with Gasteiger partial charge in [0.15, 0.2) is 5.82 Å². The lowest BCUT2D eigenvalue weighted by Crippen LogP contribution is -2.38. The predicted octanol–water partition coefficient (Wildman–Crippen LogP) is 3.46. The molecular formula is C25H21N5O5S2. The van der Waals surface area contributed by atoms with Gasteiger partial charge in [-0.05, 0) is 41.5 Å². The van der Waals surface area contributed by atoms with Crippen LogP contribution in [0.2, 0.25) is 0 Å². The Morgan fingerprint density at radius 2 is 1.84 bits per heavy atom. The molecule has 2 N–H and O–H groups in total. The van der Waals surface area contributed by atoms with Crippen molar-refractivity contribution in [2.75, 3.05) is 7.11 Å². The smallest absolute Gasteiger partial charge is 0.332 e. The average molecular weight is 536 g/mol. The number of aromatic nitrogens is 4. The van der Waals surface area contributed by atoms with Gasteiger partial charge in [0, 0.05) is 19.2 Å². The highest BCUT2D eigenvalue weighted by Gasteiger charge is 2.18. The number of amides is 1. The topological polar surface area (TPSA) is 124 Å². The van der Waals surface area contributed by atoms with Gasteiger partial charge < -0.3 is 14.6 Å². The first-order chi connectivity index (χ1) is 17.8. The molecule has 5 aromatic rings. The van der Waals surface area contributed by atoms with Crippen molar-refractivity contribution < 1.29 is 14.1 Å². The molecule has 0 unspecified atom stereocenters. The molecule has 0 radical (unpaired) electrons. The summed E-state index contributed by atoms with van der Waals surface area (Å²) in [4.78, 5) is 44.0. The Kier molecular flexibility index (Phi) is 6.59. The van der Waals surface area contributed by atoms with Gasteiger partial charge in [0.1, 0.15) is 10.6 Å². The van der Waals surface area contributed by atoms with Gasteiger partial charge in [-0.1, -0.05) is 36.4 Å². The minimum Gasteiger partial charge on any atom is -0.497 e. The Balaban J connectivity index is 1.39. The largest absolute Gasteiger partial charge is 0.497 e. The van der Waals surface area contributed by atoms with E-state index < -0.39 is 11.2 Å². The fourth-order valence-corrected chi connectivity index (χ4v) is 5.01. The van der Waals surface area contributed by atoms with Crippen LogP contribution in [0.4, 0.5) is 0 Å². The molecule has 0 saturated heterocycles. The SMILES string of the molecule is COc1ccc(CNC(=O)c2cc3c(=O)n(Cc4ccc(-c5nc(=S)o[nH]5)cc4)c(=O)n(C)c3s2)cc1. The lowest BCUT2D eigenvalue weighted by Gasteiger charge is -2.08. The van der Waals surface area contributed by atoms with E-state index >= 15 is 0 Å². The molecule has 3 heterocycles. The number of carbonyl (C=O) groups is 1. The fourth-order valence-electron chi connectivity index (χ4n) is 3.85. The van der Waals surface area contributed by atoms with Crippen molar-refractivity contribution in [1.82, 2.24) is 24.6 Å². The number of hydrogen-bond acceptors (Lipinski definition) is 8. The van der Waals surface area contributed by atoms with E-state index in [-0.39, 0.29) is 17.3 Å². The fraction of sp³-hybridized carbons (Fsp3) is 0.160. The van der Waals surface area contributed by atoms with Crippen LogP contribution in [0.3, 0.4) is 0 Å². The highest BCUT2D eigenvalue weighted by Crippen LogP contribution is 2.22. The molecule has 0 aliphatic rings. The van der Waals surface area contributed by atoms with Crippen LogP contribution in [0.25, 0.3) is 21.6 Å². The Bertz CT molecular complexity index is 1780. The molecule has 0 aliphatic heterocycles. The molecule has 37 heavy (non-hydrogen) atoms. The number of nitrogens with one attached hydrogen (secondary N) is 2. The first-order valence-electron chi connectivity index (χ1n) is 11.1. The van der Waals surface area contributed by atoms with Gasteiger partial charge in [0.25, 0.3) is 11.5 Å². The number of thiophene rings is 1. The highest BCUT2D eigenvalue weighted by molar-refractivity contribution is 7.71. The quantitative estimate of drug-likeness (QED) is 0.306. The first-order valence-corrected chi connectivity index (χ1v) is 12.4. The van der Waals surface area contributed by atoms with Crippen LogP contribution < -0.4 is 21.3 Å². The number of methoxy groups -OCH3 is 1. The zero-order valence-corrected chi connectivity index (χ0v) is 21.4. The number of fused-ring (bicyclic) bond motifs is 1. The third-order valence-electron chi connectivity index (χ3n) is 5.85. The standard InChI is InChI=1S/C25H21N5O5S2/c1-29-23-18(11-19(37-23)21(31)26-12-14-5-9-17(34-2)10-6-14)22(32)30(25(29)33)13-15-3-7-16(8-4-15)20-27-24(36)35-28-20/h3-11H,12-13H2,1-2H3,(H,26,31)(H,27,28,36).